The molecule has 0 amide bonds. The Morgan fingerprint density at radius 3 is 0.662 bits per heavy atom. The van der Waals surface area contributed by atoms with Gasteiger partial charge in [0.1, 0.15) is 73.6 Å². The minimum absolute atomic E-state index is 0. The van der Waals surface area contributed by atoms with Crippen LogP contribution in [0, 0.1) is 0 Å². The topological polar surface area (TPSA) is 380 Å². The van der Waals surface area contributed by atoms with Crippen LogP contribution in [0.5, 0.6) is 23.0 Å². The molecule has 16 aromatic carbocycles. The van der Waals surface area contributed by atoms with Crippen LogP contribution in [0.4, 0.5) is 45.5 Å². The fraction of sp³-hybridized carbons (Fsp3) is 0.0526. The molecule has 736 valence electrons. The number of carbonyl (C=O) groups excluding carboxylic acids is 12. The lowest BCUT2D eigenvalue weighted by Gasteiger charge is -2.22. The van der Waals surface area contributed by atoms with Gasteiger partial charge in [-0.3, -0.25) is 68.2 Å². The summed E-state index contributed by atoms with van der Waals surface area (Å²) in [6.07, 6.45) is -1.14. The second kappa shape index (κ2) is 44.8. The molecule has 0 atom stereocenters. The van der Waals surface area contributed by atoms with Crippen molar-refractivity contribution in [2.75, 3.05) is 10.6 Å². The highest BCUT2D eigenvalue weighted by atomic mass is 79.9. The molecule has 0 unspecified atom stereocenters. The number of aromatic hydroxyl groups is 4. The molecular weight excluding hydrogens is 2540 g/mol. The monoisotopic (exact) mass is 2600 g/mol. The van der Waals surface area contributed by atoms with Gasteiger partial charge < -0.3 is 84.0 Å². The van der Waals surface area contributed by atoms with E-state index in [9.17, 15) is 78.0 Å². The summed E-state index contributed by atoms with van der Waals surface area (Å²) in [4.78, 5) is 158. The number of esters is 4. The van der Waals surface area contributed by atoms with Crippen molar-refractivity contribution in [3.63, 3.8) is 0 Å². The number of nitrogens with two attached hydrogens (primary N) is 2. The van der Waals surface area contributed by atoms with Gasteiger partial charge in [0.2, 0.25) is 11.6 Å². The number of rotatable bonds is 24. The number of anilines is 4. The van der Waals surface area contributed by atoms with Crippen molar-refractivity contribution >= 4 is 243 Å². The van der Waals surface area contributed by atoms with Gasteiger partial charge in [-0.05, 0) is 279 Å². The third-order valence-corrected chi connectivity index (χ3v) is 30.1. The van der Waals surface area contributed by atoms with E-state index in [2.05, 4.69) is 138 Å². The lowest BCUT2D eigenvalue weighted by atomic mass is 9.82. The molecule has 0 heterocycles. The molecule has 0 spiro atoms. The molecule has 34 heteroatoms. The van der Waals surface area contributed by atoms with Gasteiger partial charge in [-0.15, -0.1) is 0 Å². The Bertz CT molecular complexity index is 7290. The summed E-state index contributed by atoms with van der Waals surface area (Å²) in [6, 6.07) is 82.8. The standard InChI is InChI=1S/2C57H34Br4N2O10.2BrH/c2*58-38-21-32(22-39(59)52(38)62-42-17-19-44(64)50-48(42)54(68)34-5-1-3-7-36(34)56(50)70)30-13-9-28(10-14-30)26-72-46(66)25-47(67)73-27-29-11-15-31(16-12-29)33-23-40(60)53(41(61)24-33)63-43-18-20-45(65)51-49(43)55(69)35-6-2-4-8-37(35)57(51)71;;/h2*1-24,62-65H,25-27H2;2*1H. The summed E-state index contributed by atoms with van der Waals surface area (Å²) in [5.74, 6) is -7.14. The zero-order chi connectivity index (χ0) is 102. The molecule has 0 saturated carbocycles. The van der Waals surface area contributed by atoms with Crippen LogP contribution in [-0.2, 0) is 64.6 Å². The van der Waals surface area contributed by atoms with Crippen LogP contribution in [0.3, 0.4) is 0 Å². The highest BCUT2D eigenvalue weighted by Crippen LogP contribution is 2.48. The molecule has 20 rings (SSSR count). The van der Waals surface area contributed by atoms with Gasteiger partial charge in [0, 0.05) is 74.5 Å². The molecule has 4 aliphatic carbocycles. The number of hydrogen-bond donors (Lipinski definition) is 8. The number of carbonyl (C=O) groups is 12. The number of phenolic OH excluding ortho intramolecular Hbond substituents is 4. The summed E-state index contributed by atoms with van der Waals surface area (Å²) >= 11 is 29.3. The average molecular weight is 2610 g/mol. The van der Waals surface area contributed by atoms with Gasteiger partial charge in [-0.2, -0.15) is 0 Å². The highest BCUT2D eigenvalue weighted by molar-refractivity contribution is 9.12. The highest BCUT2D eigenvalue weighted by Gasteiger charge is 2.41. The molecular formula is C114H70Br10N4O20. The third-order valence-electron chi connectivity index (χ3n) is 25.0. The quantitative estimate of drug-likeness (QED) is 0.00915. The van der Waals surface area contributed by atoms with E-state index < -0.39 is 59.9 Å². The van der Waals surface area contributed by atoms with Gasteiger partial charge in [0.05, 0.1) is 85.1 Å². The molecule has 0 bridgehead atoms. The van der Waals surface area contributed by atoms with Crippen molar-refractivity contribution in [2.45, 2.75) is 39.3 Å². The Hall–Kier alpha value is -13.7. The fourth-order valence-electron chi connectivity index (χ4n) is 17.7. The van der Waals surface area contributed by atoms with Gasteiger partial charge in [0.25, 0.3) is 0 Å². The van der Waals surface area contributed by atoms with Crippen LogP contribution in [0.25, 0.3) is 44.5 Å². The van der Waals surface area contributed by atoms with Gasteiger partial charge in [0.15, 0.2) is 46.1 Å². The zero-order valence-electron chi connectivity index (χ0n) is 76.2. The number of fused-ring (bicyclic) bond motifs is 8. The number of halogens is 10. The van der Waals surface area contributed by atoms with Crippen molar-refractivity contribution in [2.24, 2.45) is 0 Å². The molecule has 0 fully saturated rings. The maximum absolute atomic E-state index is 13.6. The molecule has 148 heavy (non-hydrogen) atoms. The van der Waals surface area contributed by atoms with Crippen LogP contribution >= 0.6 is 127 Å². The van der Waals surface area contributed by atoms with E-state index in [1.54, 1.807) is 156 Å². The van der Waals surface area contributed by atoms with Gasteiger partial charge >= 0.3 is 23.9 Å². The Labute approximate surface area is 931 Å². The first-order valence-corrected chi connectivity index (χ1v) is 51.0. The fourth-order valence-corrected chi connectivity index (χ4v) is 23.3. The summed E-state index contributed by atoms with van der Waals surface area (Å²) in [7, 11) is 0. The molecule has 16 aromatic rings. The largest absolute Gasteiger partial charge is 1.00 e. The number of benzene rings is 16. The molecule has 10 N–H and O–H groups in total. The number of nitrogens with one attached hydrogen (secondary N) is 2. The Morgan fingerprint density at radius 1 is 0.236 bits per heavy atom. The van der Waals surface area contributed by atoms with E-state index in [1.165, 1.54) is 24.3 Å². The van der Waals surface area contributed by atoms with Crippen molar-refractivity contribution in [1.82, 2.24) is 0 Å². The lowest BCUT2D eigenvalue weighted by molar-refractivity contribution is -0.480. The van der Waals surface area contributed by atoms with Crippen LogP contribution in [0.1, 0.15) is 162 Å². The van der Waals surface area contributed by atoms with E-state index in [4.69, 9.17) is 18.9 Å². The third kappa shape index (κ3) is 21.4. The van der Waals surface area contributed by atoms with E-state index in [0.29, 0.717) is 104 Å². The molecule has 0 saturated heterocycles. The second-order valence-electron chi connectivity index (χ2n) is 34.1. The van der Waals surface area contributed by atoms with E-state index in [-0.39, 0.29) is 196 Å². The van der Waals surface area contributed by atoms with Crippen molar-refractivity contribution in [3.8, 4) is 67.5 Å². The minimum Gasteiger partial charge on any atom is -1.00 e. The number of ether oxygens (including phenoxy) is 4. The smallest absolute Gasteiger partial charge is 0.317 e. The van der Waals surface area contributed by atoms with Gasteiger partial charge in [-0.1, -0.05) is 194 Å². The molecule has 4 aliphatic rings. The number of quaternary nitrogens is 2. The average Bonchev–Trinajstić information content (AvgIpc) is 0.750. The maximum atomic E-state index is 13.6. The first-order valence-electron chi connectivity index (χ1n) is 44.7. The first kappa shape index (κ1) is 106. The predicted molar refractivity (Wildman–Crippen MR) is 572 cm³/mol. The van der Waals surface area contributed by atoms with Crippen molar-refractivity contribution < 1.29 is 142 Å². The summed E-state index contributed by atoms with van der Waals surface area (Å²) in [5.41, 5.74) is 16.3. The second-order valence-corrected chi connectivity index (χ2v) is 40.9. The molecule has 0 aliphatic heterocycles. The Kier molecular flexibility index (Phi) is 31.9. The van der Waals surface area contributed by atoms with Crippen molar-refractivity contribution in [3.05, 3.63) is 438 Å². The van der Waals surface area contributed by atoms with E-state index in [1.807, 2.05) is 121 Å². The lowest BCUT2D eigenvalue weighted by Crippen LogP contribution is -3.00. The summed E-state index contributed by atoms with van der Waals surface area (Å²) in [6.45, 7) is -0.246. The maximum Gasteiger partial charge on any atom is 0.317 e. The van der Waals surface area contributed by atoms with Crippen LogP contribution in [0.15, 0.2) is 327 Å². The van der Waals surface area contributed by atoms with E-state index in [0.717, 1.165) is 44.5 Å². The van der Waals surface area contributed by atoms with Crippen LogP contribution in [-0.4, -0.2) is 90.6 Å². The van der Waals surface area contributed by atoms with E-state index >= 15 is 0 Å². The molecule has 0 radical (unpaired) electrons. The molecule has 24 nitrogen and oxygen atoms in total. The number of ketones is 8. The zero-order valence-corrected chi connectivity index (χ0v) is 92.1. The summed E-state index contributed by atoms with van der Waals surface area (Å²) in [5, 5.41) is 52.7. The normalized spacial score (nSPS) is 12.2. The minimum atomic E-state index is -0.740. The van der Waals surface area contributed by atoms with Crippen LogP contribution < -0.4 is 55.2 Å². The van der Waals surface area contributed by atoms with Gasteiger partial charge in [-0.25, -0.2) is 0 Å². The Balaban J connectivity index is 0.000000199. The number of phenols is 4. The first-order chi connectivity index (χ1) is 70.3. The Morgan fingerprint density at radius 2 is 0.432 bits per heavy atom. The van der Waals surface area contributed by atoms with Crippen molar-refractivity contribution in [1.29, 1.82) is 0 Å². The summed E-state index contributed by atoms with van der Waals surface area (Å²) < 4.78 is 27.0. The van der Waals surface area contributed by atoms with Crippen LogP contribution in [0.2, 0.25) is 0 Å². The number of hydrogen-bond acceptors (Lipinski definition) is 22. The molecule has 0 aromatic heterocycles. The SMILES string of the molecule is O=C(CC(=O)OCc1ccc(-c2cc(Br)c(Nc3ccc(O)c4c3C(=O)c3ccccc3C4=O)c(Br)c2)cc1)OCc1ccc(-c2cc(Br)c(Nc3ccc(O)c4c3C(=O)c3ccccc3C4=O)c(Br)c2)cc1.O=C(CC(=O)OCc1ccc(-c2cc(Br)c([NH2+]c3ccc(O)c4c3C(=O)c3ccccc3C4=O)c(Br)c2)cc1)OCc1ccc(-c2cc(Br)c([NH2+]c3ccc(O)c4c3C(=O)c3ccccc3C4=O)c(Br)c2)cc1.[Br-].[Br-]. The predicted octanol–water partition coefficient (Wildman–Crippen LogP) is 19.0.